The number of nitrogens with two attached hydrogens (primary N) is 1. The van der Waals surface area contributed by atoms with Gasteiger partial charge in [-0.3, -0.25) is 14.5 Å². The summed E-state index contributed by atoms with van der Waals surface area (Å²) < 4.78 is 5.74. The Morgan fingerprint density at radius 3 is 2.87 bits per heavy atom. The molecule has 1 unspecified atom stereocenters. The zero-order chi connectivity index (χ0) is 27.5. The first-order valence-corrected chi connectivity index (χ1v) is 14.2. The number of carbonyl (C=O) groups is 2. The van der Waals surface area contributed by atoms with Gasteiger partial charge in [-0.2, -0.15) is 5.26 Å². The fraction of sp³-hybridized carbons (Fsp3) is 0.222. The molecule has 39 heavy (non-hydrogen) atoms. The van der Waals surface area contributed by atoms with E-state index in [0.29, 0.717) is 50.8 Å². The van der Waals surface area contributed by atoms with E-state index < -0.39 is 5.92 Å². The molecule has 1 atom stereocenters. The quantitative estimate of drug-likeness (QED) is 0.361. The highest BCUT2D eigenvalue weighted by Crippen LogP contribution is 2.47. The van der Waals surface area contributed by atoms with Crippen molar-refractivity contribution in [1.29, 1.82) is 5.26 Å². The van der Waals surface area contributed by atoms with E-state index in [9.17, 15) is 14.9 Å². The van der Waals surface area contributed by atoms with Crippen LogP contribution in [0.5, 0.6) is 5.75 Å². The molecule has 1 amide bonds. The normalized spacial score (nSPS) is 17.1. The highest BCUT2D eigenvalue weighted by Gasteiger charge is 2.41. The van der Waals surface area contributed by atoms with Gasteiger partial charge in [0, 0.05) is 34.5 Å². The third-order valence-corrected chi connectivity index (χ3v) is 8.64. The molecule has 12 heteroatoms. The molecule has 0 fully saturated rings. The van der Waals surface area contributed by atoms with E-state index in [1.165, 1.54) is 23.1 Å². The molecule has 198 valence electrons. The molecular weight excluding hydrogens is 556 g/mol. The monoisotopic (exact) mass is 578 g/mol. The fourth-order valence-corrected chi connectivity index (χ4v) is 6.58. The predicted molar refractivity (Wildman–Crippen MR) is 152 cm³/mol. The lowest BCUT2D eigenvalue weighted by molar-refractivity contribution is -0.116. The van der Waals surface area contributed by atoms with Crippen LogP contribution in [-0.4, -0.2) is 34.8 Å². The fourth-order valence-electron chi connectivity index (χ4n) is 4.70. The average molecular weight is 579 g/mol. The first kappa shape index (κ1) is 26.7. The van der Waals surface area contributed by atoms with Gasteiger partial charge in [0.25, 0.3) is 0 Å². The Labute approximate surface area is 238 Å². The summed E-state index contributed by atoms with van der Waals surface area (Å²) in [6.45, 7) is 0. The van der Waals surface area contributed by atoms with E-state index in [2.05, 4.69) is 21.6 Å². The molecule has 3 N–H and O–H groups in total. The van der Waals surface area contributed by atoms with Crippen LogP contribution in [0, 0.1) is 11.3 Å². The maximum absolute atomic E-state index is 13.2. The van der Waals surface area contributed by atoms with Crippen molar-refractivity contribution in [2.75, 3.05) is 23.1 Å². The molecule has 5 rings (SSSR count). The lowest BCUT2D eigenvalue weighted by Crippen LogP contribution is -2.38. The SMILES string of the molecule is COc1cccc(NC(=O)CSc2nnc(N3C(N)=C(C#N)C(c4cccc(Cl)c4)C4=C3CCCC4=O)s2)c1. The summed E-state index contributed by atoms with van der Waals surface area (Å²) in [5.74, 6) is 0.130. The number of ketones is 1. The average Bonchev–Trinajstić information content (AvgIpc) is 3.40. The summed E-state index contributed by atoms with van der Waals surface area (Å²) in [5.41, 5.74) is 9.47. The Bertz CT molecular complexity index is 1560. The summed E-state index contributed by atoms with van der Waals surface area (Å²) in [4.78, 5) is 27.4. The maximum Gasteiger partial charge on any atom is 0.234 e. The third kappa shape index (κ3) is 5.49. The van der Waals surface area contributed by atoms with Crippen LogP contribution in [0.3, 0.4) is 0 Å². The van der Waals surface area contributed by atoms with Crippen molar-refractivity contribution in [3.8, 4) is 11.8 Å². The molecule has 0 bridgehead atoms. The van der Waals surface area contributed by atoms with E-state index in [1.54, 1.807) is 54.5 Å². The van der Waals surface area contributed by atoms with Crippen LogP contribution in [0.2, 0.25) is 5.02 Å². The molecule has 1 aliphatic carbocycles. The number of amides is 1. The van der Waals surface area contributed by atoms with Crippen molar-refractivity contribution in [2.45, 2.75) is 29.5 Å². The summed E-state index contributed by atoms with van der Waals surface area (Å²) in [6.07, 6.45) is 1.65. The van der Waals surface area contributed by atoms with Crippen LogP contribution in [0.4, 0.5) is 10.8 Å². The van der Waals surface area contributed by atoms with Crippen LogP contribution in [0.1, 0.15) is 30.7 Å². The molecule has 3 aromatic rings. The zero-order valence-electron chi connectivity index (χ0n) is 20.8. The highest BCUT2D eigenvalue weighted by atomic mass is 35.5. The number of nitrogens with zero attached hydrogens (tertiary/aromatic N) is 4. The van der Waals surface area contributed by atoms with Gasteiger partial charge in [-0.15, -0.1) is 10.2 Å². The van der Waals surface area contributed by atoms with Crippen molar-refractivity contribution in [1.82, 2.24) is 10.2 Å². The van der Waals surface area contributed by atoms with Gasteiger partial charge in [0.15, 0.2) is 10.1 Å². The van der Waals surface area contributed by atoms with Gasteiger partial charge in [0.2, 0.25) is 11.0 Å². The van der Waals surface area contributed by atoms with Crippen molar-refractivity contribution < 1.29 is 14.3 Å². The van der Waals surface area contributed by atoms with Gasteiger partial charge >= 0.3 is 0 Å². The number of ether oxygens (including phenoxy) is 1. The first-order valence-electron chi connectivity index (χ1n) is 12.0. The number of thioether (sulfide) groups is 1. The van der Waals surface area contributed by atoms with E-state index in [4.69, 9.17) is 22.1 Å². The second kappa shape index (κ2) is 11.5. The third-order valence-electron chi connectivity index (χ3n) is 6.36. The number of nitrogens with one attached hydrogen (secondary N) is 1. The summed E-state index contributed by atoms with van der Waals surface area (Å²) in [5, 5.41) is 22.5. The molecule has 0 saturated heterocycles. The number of nitriles is 1. The van der Waals surface area contributed by atoms with Crippen LogP contribution >= 0.6 is 34.7 Å². The molecule has 2 aromatic carbocycles. The second-order valence-corrected chi connectivity index (χ2v) is 11.4. The smallest absolute Gasteiger partial charge is 0.234 e. The van der Waals surface area contributed by atoms with Gasteiger partial charge in [-0.05, 0) is 42.7 Å². The molecule has 1 aliphatic heterocycles. The standard InChI is InChI=1S/C27H23ClN6O3S2/c1-37-18-8-3-7-17(12-18)31-22(36)14-38-27-33-32-26(39-27)34-20-9-4-10-21(35)24(20)23(19(13-29)25(34)30)15-5-2-6-16(28)11-15/h2-3,5-8,11-12,23H,4,9-10,14,30H2,1H3,(H,31,36). The highest BCUT2D eigenvalue weighted by molar-refractivity contribution is 8.01. The minimum absolute atomic E-state index is 0.0280. The number of benzene rings is 2. The number of aromatic nitrogens is 2. The Morgan fingerprint density at radius 1 is 1.28 bits per heavy atom. The van der Waals surface area contributed by atoms with E-state index in [-0.39, 0.29) is 28.8 Å². The van der Waals surface area contributed by atoms with Gasteiger partial charge < -0.3 is 15.8 Å². The Morgan fingerprint density at radius 2 is 2.10 bits per heavy atom. The van der Waals surface area contributed by atoms with E-state index >= 15 is 0 Å². The zero-order valence-corrected chi connectivity index (χ0v) is 23.2. The molecule has 0 radical (unpaired) electrons. The molecule has 1 aromatic heterocycles. The molecule has 2 aliphatic rings. The van der Waals surface area contributed by atoms with Gasteiger partial charge in [0.1, 0.15) is 11.6 Å². The van der Waals surface area contributed by atoms with Crippen LogP contribution in [-0.2, 0) is 9.59 Å². The second-order valence-electron chi connectivity index (χ2n) is 8.79. The van der Waals surface area contributed by atoms with Crippen molar-refractivity contribution in [2.24, 2.45) is 5.73 Å². The molecule has 0 saturated carbocycles. The van der Waals surface area contributed by atoms with Gasteiger partial charge in [-0.25, -0.2) is 0 Å². The van der Waals surface area contributed by atoms with Crippen molar-refractivity contribution in [3.05, 3.63) is 81.8 Å². The minimum Gasteiger partial charge on any atom is -0.497 e. The number of halogens is 1. The number of carbonyl (C=O) groups excluding carboxylic acids is 2. The van der Waals surface area contributed by atoms with E-state index in [0.717, 1.165) is 11.3 Å². The summed E-state index contributed by atoms with van der Waals surface area (Å²) in [6, 6.07) is 16.5. The lowest BCUT2D eigenvalue weighted by atomic mass is 9.76. The van der Waals surface area contributed by atoms with Crippen LogP contribution in [0.25, 0.3) is 0 Å². The van der Waals surface area contributed by atoms with Crippen molar-refractivity contribution in [3.63, 3.8) is 0 Å². The number of methoxy groups -OCH3 is 1. The van der Waals surface area contributed by atoms with Crippen LogP contribution in [0.15, 0.2) is 75.5 Å². The topological polar surface area (TPSA) is 134 Å². The largest absolute Gasteiger partial charge is 0.497 e. The molecular formula is C27H23ClN6O3S2. The van der Waals surface area contributed by atoms with Crippen molar-refractivity contribution >= 4 is 57.2 Å². The number of hydrogen-bond donors (Lipinski definition) is 2. The first-order chi connectivity index (χ1) is 18.9. The van der Waals surface area contributed by atoms with Gasteiger partial charge in [-0.1, -0.05) is 52.9 Å². The summed E-state index contributed by atoms with van der Waals surface area (Å²) in [7, 11) is 1.56. The number of anilines is 2. The Hall–Kier alpha value is -3.85. The molecule has 2 heterocycles. The number of Topliss-reactive ketones (excluding diaryl/α,β-unsaturated/α-hetero) is 1. The van der Waals surface area contributed by atoms with Gasteiger partial charge in [0.05, 0.1) is 30.4 Å². The molecule has 0 spiro atoms. The summed E-state index contributed by atoms with van der Waals surface area (Å²) >= 11 is 8.72. The number of rotatable bonds is 7. The maximum atomic E-state index is 13.2. The molecule has 9 nitrogen and oxygen atoms in total. The van der Waals surface area contributed by atoms with E-state index in [1.807, 2.05) is 6.07 Å². The Balaban J connectivity index is 1.40. The number of allylic oxidation sites excluding steroid dienone is 3. The van der Waals surface area contributed by atoms with Crippen LogP contribution < -0.4 is 20.7 Å². The number of hydrogen-bond acceptors (Lipinski definition) is 10. The Kier molecular flexibility index (Phi) is 7.88. The minimum atomic E-state index is -0.602. The predicted octanol–water partition coefficient (Wildman–Crippen LogP) is 5.24. The lowest BCUT2D eigenvalue weighted by Gasteiger charge is -2.38.